The Labute approximate surface area is 277 Å². The first-order valence-electron chi connectivity index (χ1n) is 14.2. The van der Waals surface area contributed by atoms with Crippen LogP contribution >= 0.6 is 22.7 Å². The number of halogens is 10. The quantitative estimate of drug-likeness (QED) is 0.120. The second kappa shape index (κ2) is 23.2. The maximum Gasteiger partial charge on any atom is 0.495 e. The number of rotatable bonds is 12. The summed E-state index contributed by atoms with van der Waals surface area (Å²) in [6.07, 6.45) is -12.2. The van der Waals surface area contributed by atoms with Gasteiger partial charge in [0, 0.05) is 34.4 Å². The number of fused-ring (bicyclic) bond motifs is 2. The van der Waals surface area contributed by atoms with E-state index in [-0.39, 0.29) is 39.5 Å². The Morgan fingerprint density at radius 3 is 1.38 bits per heavy atom. The Morgan fingerprint density at radius 1 is 0.625 bits per heavy atom. The molecule has 0 aliphatic carbocycles. The number of hydrogen-bond acceptors (Lipinski definition) is 10. The molecule has 48 heavy (non-hydrogen) atoms. The van der Waals surface area contributed by atoms with Crippen LogP contribution in [0.3, 0.4) is 0 Å². The molecule has 2 aliphatic heterocycles. The zero-order chi connectivity index (χ0) is 36.0. The first kappa shape index (κ1) is 42.9. The van der Waals surface area contributed by atoms with Gasteiger partial charge in [0.05, 0.1) is 13.3 Å². The SMILES string of the molecule is FCCCC(F)(F)F.FCCCCCCCC(F)(F)F.O=C(F)OCC1COc2cscc2O1.O=C(F)OCC1COc2cscc2O1. The molecule has 0 radical (unpaired) electrons. The molecule has 0 fully saturated rings. The molecule has 2 aromatic rings. The van der Waals surface area contributed by atoms with Gasteiger partial charge in [-0.2, -0.15) is 26.3 Å². The number of unbranched alkanes of at least 4 members (excludes halogenated alkanes) is 4. The van der Waals surface area contributed by atoms with Crippen LogP contribution in [0.5, 0.6) is 23.0 Å². The molecule has 8 nitrogen and oxygen atoms in total. The summed E-state index contributed by atoms with van der Waals surface area (Å²) in [6.45, 7) is -0.998. The standard InChI is InChI=1S/C8H14F4.2C8H7FO4S.C4H6F4/c9-7-5-3-1-2-4-6-8(10,11)12;2*9-8(10)12-2-5-1-11-6-3-14-4-7(6)13-5;5-3-1-2-4(6,7)8/h1-7H2;2*3-5H,1-2H2;1-3H2. The highest BCUT2D eigenvalue weighted by atomic mass is 32.1. The first-order chi connectivity index (χ1) is 22.6. The summed E-state index contributed by atoms with van der Waals surface area (Å²) in [5.74, 6) is 2.58. The molecule has 4 heterocycles. The summed E-state index contributed by atoms with van der Waals surface area (Å²) in [7, 11) is 0. The van der Waals surface area contributed by atoms with Crippen molar-refractivity contribution in [2.24, 2.45) is 0 Å². The Morgan fingerprint density at radius 2 is 1.00 bits per heavy atom. The van der Waals surface area contributed by atoms with Crippen LogP contribution in [0.4, 0.5) is 53.5 Å². The fourth-order valence-electron chi connectivity index (χ4n) is 3.42. The molecule has 2 aliphatic rings. The van der Waals surface area contributed by atoms with Crippen molar-refractivity contribution in [3.8, 4) is 23.0 Å². The topological polar surface area (TPSA) is 89.5 Å². The van der Waals surface area contributed by atoms with Crippen LogP contribution in [-0.4, -0.2) is 76.8 Å². The van der Waals surface area contributed by atoms with Gasteiger partial charge in [-0.3, -0.25) is 8.78 Å². The van der Waals surface area contributed by atoms with Crippen molar-refractivity contribution in [3.63, 3.8) is 0 Å². The second-order valence-electron chi connectivity index (χ2n) is 9.63. The predicted octanol–water partition coefficient (Wildman–Crippen LogP) is 10.1. The highest BCUT2D eigenvalue weighted by Crippen LogP contribution is 2.36. The zero-order valence-electron chi connectivity index (χ0n) is 25.2. The lowest BCUT2D eigenvalue weighted by Crippen LogP contribution is -2.33. The van der Waals surface area contributed by atoms with E-state index >= 15 is 0 Å². The lowest BCUT2D eigenvalue weighted by atomic mass is 10.1. The summed E-state index contributed by atoms with van der Waals surface area (Å²) >= 11 is 2.90. The van der Waals surface area contributed by atoms with E-state index in [2.05, 4.69) is 9.47 Å². The lowest BCUT2D eigenvalue weighted by Gasteiger charge is -2.23. The molecule has 2 atom stereocenters. The third-order valence-corrected chi connectivity index (χ3v) is 6.98. The average molecular weight is 753 g/mol. The normalized spacial score (nSPS) is 16.1. The molecule has 20 heteroatoms. The molecule has 276 valence electrons. The van der Waals surface area contributed by atoms with Crippen molar-refractivity contribution < 1.29 is 81.9 Å². The minimum Gasteiger partial charge on any atom is -0.485 e. The van der Waals surface area contributed by atoms with E-state index in [0.29, 0.717) is 48.7 Å². The molecule has 0 aromatic carbocycles. The van der Waals surface area contributed by atoms with E-state index in [9.17, 15) is 53.5 Å². The first-order valence-corrected chi connectivity index (χ1v) is 16.1. The summed E-state index contributed by atoms with van der Waals surface area (Å²) in [6, 6.07) is 0. The van der Waals surface area contributed by atoms with Crippen molar-refractivity contribution in [2.45, 2.75) is 75.9 Å². The monoisotopic (exact) mass is 752 g/mol. The maximum atomic E-state index is 11.7. The maximum absolute atomic E-state index is 11.7. The summed E-state index contributed by atoms with van der Waals surface area (Å²) in [5.41, 5.74) is 0. The lowest BCUT2D eigenvalue weighted by molar-refractivity contribution is -0.136. The van der Waals surface area contributed by atoms with Gasteiger partial charge in [0.25, 0.3) is 0 Å². The molecule has 0 saturated carbocycles. The molecular formula is C28H34F10O8S2. The van der Waals surface area contributed by atoms with Gasteiger partial charge in [0.2, 0.25) is 0 Å². The van der Waals surface area contributed by atoms with E-state index < -0.39 is 62.9 Å². The van der Waals surface area contributed by atoms with Crippen LogP contribution < -0.4 is 18.9 Å². The molecule has 0 saturated heterocycles. The van der Waals surface area contributed by atoms with Crippen molar-refractivity contribution in [1.82, 2.24) is 0 Å². The summed E-state index contributed by atoms with van der Waals surface area (Å²) < 4.78 is 144. The Bertz CT molecular complexity index is 1090. The van der Waals surface area contributed by atoms with E-state index in [1.165, 1.54) is 22.7 Å². The van der Waals surface area contributed by atoms with E-state index in [4.69, 9.17) is 18.9 Å². The van der Waals surface area contributed by atoms with Crippen molar-refractivity contribution >= 4 is 35.1 Å². The number of hydrogen-bond donors (Lipinski definition) is 0. The van der Waals surface area contributed by atoms with Crippen molar-refractivity contribution in [1.29, 1.82) is 0 Å². The van der Waals surface area contributed by atoms with Gasteiger partial charge in [-0.1, -0.05) is 19.3 Å². The van der Waals surface area contributed by atoms with Crippen LogP contribution in [0.15, 0.2) is 21.5 Å². The summed E-state index contributed by atoms with van der Waals surface area (Å²) in [5, 5.41) is 7.18. The van der Waals surface area contributed by atoms with Gasteiger partial charge in [-0.25, -0.2) is 9.59 Å². The van der Waals surface area contributed by atoms with Crippen molar-refractivity contribution in [3.05, 3.63) is 21.5 Å². The third kappa shape index (κ3) is 21.7. The number of alkyl halides is 8. The van der Waals surface area contributed by atoms with E-state index in [1.54, 1.807) is 10.8 Å². The summed E-state index contributed by atoms with van der Waals surface area (Å²) in [4.78, 5) is 19.8. The molecule has 0 N–H and O–H groups in total. The Hall–Kier alpha value is -3.16. The Balaban J connectivity index is 0.000000327. The highest BCUT2D eigenvalue weighted by Gasteiger charge is 2.27. The van der Waals surface area contributed by atoms with Gasteiger partial charge in [-0.15, -0.1) is 31.5 Å². The van der Waals surface area contributed by atoms with E-state index in [1.807, 2.05) is 10.8 Å². The minimum absolute atomic E-state index is 0.134. The molecule has 0 bridgehead atoms. The molecule has 2 unspecified atom stereocenters. The average Bonchev–Trinajstić information content (AvgIpc) is 3.69. The van der Waals surface area contributed by atoms with Crippen LogP contribution in [0, 0.1) is 0 Å². The van der Waals surface area contributed by atoms with Crippen LogP contribution in [0.1, 0.15) is 51.4 Å². The number of thiophene rings is 2. The van der Waals surface area contributed by atoms with Gasteiger partial charge in [-0.05, 0) is 19.3 Å². The third-order valence-electron chi connectivity index (χ3n) is 5.58. The van der Waals surface area contributed by atoms with Crippen molar-refractivity contribution in [2.75, 3.05) is 39.8 Å². The van der Waals surface area contributed by atoms with Crippen LogP contribution in [0.2, 0.25) is 0 Å². The Kier molecular flexibility index (Phi) is 20.8. The predicted molar refractivity (Wildman–Crippen MR) is 154 cm³/mol. The number of ether oxygens (including phenoxy) is 6. The van der Waals surface area contributed by atoms with Crippen LogP contribution in [0.25, 0.3) is 0 Å². The largest absolute Gasteiger partial charge is 0.495 e. The van der Waals surface area contributed by atoms with Gasteiger partial charge < -0.3 is 28.4 Å². The van der Waals surface area contributed by atoms with Gasteiger partial charge in [0.1, 0.15) is 26.4 Å². The fourth-order valence-corrected chi connectivity index (χ4v) is 4.76. The zero-order valence-corrected chi connectivity index (χ0v) is 26.9. The molecular weight excluding hydrogens is 718 g/mol. The second-order valence-corrected chi connectivity index (χ2v) is 11.1. The smallest absolute Gasteiger partial charge is 0.485 e. The molecule has 2 aromatic heterocycles. The van der Waals surface area contributed by atoms with Crippen LogP contribution in [-0.2, 0) is 9.47 Å². The molecule has 0 amide bonds. The van der Waals surface area contributed by atoms with Gasteiger partial charge in [0.15, 0.2) is 35.2 Å². The number of carbonyl (C=O) groups is 2. The highest BCUT2D eigenvalue weighted by molar-refractivity contribution is 7.08. The molecule has 4 rings (SSSR count). The minimum atomic E-state index is -4.19. The fraction of sp³-hybridized carbons (Fsp3) is 0.643. The number of carbonyl (C=O) groups excluding carboxylic acids is 2. The van der Waals surface area contributed by atoms with Gasteiger partial charge >= 0.3 is 24.8 Å². The molecule has 0 spiro atoms. The van der Waals surface area contributed by atoms with E-state index in [0.717, 1.165) is 0 Å².